The van der Waals surface area contributed by atoms with Crippen molar-refractivity contribution in [3.63, 3.8) is 0 Å². The van der Waals surface area contributed by atoms with Crippen LogP contribution in [0.3, 0.4) is 0 Å². The molecule has 6 rings (SSSR count). The van der Waals surface area contributed by atoms with Gasteiger partial charge in [-0.3, -0.25) is 9.20 Å². The Balaban J connectivity index is 1.93. The Morgan fingerprint density at radius 3 is 2.39 bits per heavy atom. The van der Waals surface area contributed by atoms with E-state index in [0.29, 0.717) is 43.5 Å². The average Bonchev–Trinajstić information content (AvgIpc) is 3.16. The van der Waals surface area contributed by atoms with Crippen molar-refractivity contribution in [2.45, 2.75) is 0 Å². The number of imidazole rings is 1. The third kappa shape index (κ3) is 2.54. The molecule has 0 radical (unpaired) electrons. The molecule has 3 aromatic heterocycles. The zero-order valence-electron chi connectivity index (χ0n) is 16.3. The van der Waals surface area contributed by atoms with E-state index in [9.17, 15) is 4.79 Å². The monoisotopic (exact) mass is 444 g/mol. The van der Waals surface area contributed by atoms with Gasteiger partial charge in [-0.15, -0.1) is 0 Å². The number of para-hydroxylation sites is 3. The van der Waals surface area contributed by atoms with Gasteiger partial charge in [0.2, 0.25) is 5.43 Å². The fourth-order valence-electron chi connectivity index (χ4n) is 4.22. The van der Waals surface area contributed by atoms with E-state index in [1.54, 1.807) is 12.1 Å². The Bertz CT molecular complexity index is 1750. The molecule has 0 N–H and O–H groups in total. The standard InChI is InChI=1S/C24H14Cl2N4O/c1-29-18-8-4-2-6-15(18)21(31)20-23(29)28-22(14-11-10-13(25)12-16(14)26)30-19-9-5-3-7-17(19)27-24(20)30/h2-12H,1H3. The topological polar surface area (TPSA) is 52.2 Å². The third-order valence-corrected chi connectivity index (χ3v) is 6.21. The van der Waals surface area contributed by atoms with Gasteiger partial charge in [0.25, 0.3) is 0 Å². The Morgan fingerprint density at radius 2 is 1.58 bits per heavy atom. The van der Waals surface area contributed by atoms with E-state index < -0.39 is 0 Å². The highest BCUT2D eigenvalue weighted by molar-refractivity contribution is 6.36. The van der Waals surface area contributed by atoms with Gasteiger partial charge < -0.3 is 4.57 Å². The number of halogens is 2. The Hall–Kier alpha value is -3.41. The van der Waals surface area contributed by atoms with E-state index >= 15 is 0 Å². The minimum atomic E-state index is -0.0924. The molecule has 5 nitrogen and oxygen atoms in total. The predicted octanol–water partition coefficient (Wildman–Crippen LogP) is 5.86. The van der Waals surface area contributed by atoms with Crippen LogP contribution in [0.2, 0.25) is 10.0 Å². The summed E-state index contributed by atoms with van der Waals surface area (Å²) in [5.41, 5.74) is 4.15. The van der Waals surface area contributed by atoms with E-state index in [2.05, 4.69) is 0 Å². The van der Waals surface area contributed by atoms with Crippen molar-refractivity contribution in [2.24, 2.45) is 7.05 Å². The predicted molar refractivity (Wildman–Crippen MR) is 126 cm³/mol. The Kier molecular flexibility index (Phi) is 3.88. The highest BCUT2D eigenvalue weighted by atomic mass is 35.5. The molecule has 3 heterocycles. The molecule has 0 atom stereocenters. The molecule has 0 saturated heterocycles. The van der Waals surface area contributed by atoms with Gasteiger partial charge in [0.05, 0.1) is 21.6 Å². The number of fused-ring (bicyclic) bond motifs is 6. The maximum atomic E-state index is 13.5. The summed E-state index contributed by atoms with van der Waals surface area (Å²) in [6.07, 6.45) is 0. The van der Waals surface area contributed by atoms with Gasteiger partial charge in [-0.1, -0.05) is 47.5 Å². The van der Waals surface area contributed by atoms with Gasteiger partial charge in [0, 0.05) is 23.0 Å². The highest BCUT2D eigenvalue weighted by Gasteiger charge is 2.21. The van der Waals surface area contributed by atoms with Crippen molar-refractivity contribution in [1.82, 2.24) is 18.9 Å². The normalized spacial score (nSPS) is 11.8. The van der Waals surface area contributed by atoms with E-state index in [4.69, 9.17) is 33.2 Å². The Morgan fingerprint density at radius 1 is 0.839 bits per heavy atom. The molecule has 0 saturated carbocycles. The van der Waals surface area contributed by atoms with Crippen LogP contribution in [-0.4, -0.2) is 18.9 Å². The number of hydrogen-bond acceptors (Lipinski definition) is 3. The SMILES string of the molecule is Cn1c2ccccc2c(=O)c2c1nc(-c1ccc(Cl)cc1Cl)n1c3ccccc3nc21. The van der Waals surface area contributed by atoms with Crippen molar-refractivity contribution >= 4 is 61.8 Å². The van der Waals surface area contributed by atoms with Gasteiger partial charge in [0.15, 0.2) is 5.65 Å². The molecule has 0 spiro atoms. The van der Waals surface area contributed by atoms with Crippen LogP contribution in [0, 0.1) is 0 Å². The van der Waals surface area contributed by atoms with Crippen LogP contribution in [0.1, 0.15) is 0 Å². The number of aromatic nitrogens is 4. The molecule has 0 fully saturated rings. The summed E-state index contributed by atoms with van der Waals surface area (Å²) < 4.78 is 3.84. The zero-order chi connectivity index (χ0) is 21.3. The lowest BCUT2D eigenvalue weighted by molar-refractivity contribution is 0.967. The van der Waals surface area contributed by atoms with E-state index in [1.807, 2.05) is 70.6 Å². The fraction of sp³-hybridized carbons (Fsp3) is 0.0417. The molecule has 0 bridgehead atoms. The molecule has 0 aliphatic carbocycles. The number of nitrogens with zero attached hydrogens (tertiary/aromatic N) is 4. The highest BCUT2D eigenvalue weighted by Crippen LogP contribution is 2.34. The first-order valence-electron chi connectivity index (χ1n) is 9.68. The largest absolute Gasteiger partial charge is 0.328 e. The number of pyridine rings is 1. The molecule has 31 heavy (non-hydrogen) atoms. The Labute approximate surface area is 186 Å². The van der Waals surface area contributed by atoms with Crippen LogP contribution in [-0.2, 0) is 7.05 Å². The van der Waals surface area contributed by atoms with Crippen LogP contribution in [0.25, 0.3) is 50.0 Å². The summed E-state index contributed by atoms with van der Waals surface area (Å²) in [6.45, 7) is 0. The molecule has 150 valence electrons. The van der Waals surface area contributed by atoms with Gasteiger partial charge in [0.1, 0.15) is 16.9 Å². The van der Waals surface area contributed by atoms with Crippen molar-refractivity contribution in [3.05, 3.63) is 87.0 Å². The summed E-state index contributed by atoms with van der Waals surface area (Å²) in [4.78, 5) is 23.3. The average molecular weight is 445 g/mol. The quantitative estimate of drug-likeness (QED) is 0.298. The molecule has 7 heteroatoms. The van der Waals surface area contributed by atoms with Crippen LogP contribution in [0.15, 0.2) is 71.5 Å². The number of hydrogen-bond donors (Lipinski definition) is 0. The third-order valence-electron chi connectivity index (χ3n) is 5.66. The summed E-state index contributed by atoms with van der Waals surface area (Å²) in [7, 11) is 1.91. The first-order valence-corrected chi connectivity index (χ1v) is 10.4. The minimum Gasteiger partial charge on any atom is -0.328 e. The molecule has 6 aromatic rings. The van der Waals surface area contributed by atoms with Crippen molar-refractivity contribution < 1.29 is 0 Å². The van der Waals surface area contributed by atoms with Gasteiger partial charge in [-0.25, -0.2) is 9.97 Å². The van der Waals surface area contributed by atoms with Gasteiger partial charge >= 0.3 is 0 Å². The van der Waals surface area contributed by atoms with Crippen LogP contribution >= 0.6 is 23.2 Å². The first-order chi connectivity index (χ1) is 15.0. The van der Waals surface area contributed by atoms with Crippen LogP contribution < -0.4 is 5.43 Å². The lowest BCUT2D eigenvalue weighted by Gasteiger charge is -2.14. The summed E-state index contributed by atoms with van der Waals surface area (Å²) in [5, 5.41) is 2.13. The minimum absolute atomic E-state index is 0.0924. The van der Waals surface area contributed by atoms with Crippen molar-refractivity contribution in [1.29, 1.82) is 0 Å². The van der Waals surface area contributed by atoms with E-state index in [0.717, 1.165) is 16.6 Å². The lowest BCUT2D eigenvalue weighted by Crippen LogP contribution is -2.13. The fourth-order valence-corrected chi connectivity index (χ4v) is 4.71. The molecule has 0 aliphatic heterocycles. The van der Waals surface area contributed by atoms with E-state index in [-0.39, 0.29) is 5.43 Å². The molecule has 0 unspecified atom stereocenters. The van der Waals surface area contributed by atoms with Crippen LogP contribution in [0.4, 0.5) is 0 Å². The van der Waals surface area contributed by atoms with Crippen molar-refractivity contribution in [3.8, 4) is 11.4 Å². The summed E-state index contributed by atoms with van der Waals surface area (Å²) in [5.74, 6) is 0.600. The van der Waals surface area contributed by atoms with Crippen LogP contribution in [0.5, 0.6) is 0 Å². The van der Waals surface area contributed by atoms with E-state index in [1.165, 1.54) is 0 Å². The maximum Gasteiger partial charge on any atom is 0.202 e. The number of benzene rings is 3. The number of aryl methyl sites for hydroxylation is 1. The molecular formula is C24H14Cl2N4O. The lowest BCUT2D eigenvalue weighted by atomic mass is 10.1. The second kappa shape index (κ2) is 6.54. The van der Waals surface area contributed by atoms with Crippen molar-refractivity contribution in [2.75, 3.05) is 0 Å². The molecule has 0 aliphatic rings. The molecule has 3 aromatic carbocycles. The number of rotatable bonds is 1. The molecular weight excluding hydrogens is 431 g/mol. The van der Waals surface area contributed by atoms with Gasteiger partial charge in [-0.05, 0) is 42.5 Å². The summed E-state index contributed by atoms with van der Waals surface area (Å²) >= 11 is 12.7. The second-order valence-electron chi connectivity index (χ2n) is 7.42. The molecule has 0 amide bonds. The second-order valence-corrected chi connectivity index (χ2v) is 8.27. The first kappa shape index (κ1) is 18.4. The van der Waals surface area contributed by atoms with Gasteiger partial charge in [-0.2, -0.15) is 0 Å². The smallest absolute Gasteiger partial charge is 0.202 e. The maximum absolute atomic E-state index is 13.5. The zero-order valence-corrected chi connectivity index (χ0v) is 17.8. The summed E-state index contributed by atoms with van der Waals surface area (Å²) in [6, 6.07) is 20.6.